The van der Waals surface area contributed by atoms with Crippen molar-refractivity contribution in [2.45, 2.75) is 199 Å². The highest BCUT2D eigenvalue weighted by Gasteiger charge is 2.15. The van der Waals surface area contributed by atoms with Crippen LogP contribution in [0.1, 0.15) is 205 Å². The van der Waals surface area contributed by atoms with E-state index in [0.29, 0.717) is 11.3 Å². The van der Waals surface area contributed by atoms with Crippen molar-refractivity contribution < 1.29 is 13.0 Å². The van der Waals surface area contributed by atoms with E-state index in [1.165, 1.54) is 160 Å². The number of allylic oxidation sites excluding steroid dienone is 2. The first kappa shape index (κ1) is 47.3. The number of benzene rings is 2. The van der Waals surface area contributed by atoms with Crippen LogP contribution in [0, 0.1) is 0 Å². The lowest BCUT2D eigenvalue weighted by atomic mass is 10.0. The van der Waals surface area contributed by atoms with Gasteiger partial charge in [0.25, 0.3) is 10.1 Å². The Hall–Kier alpha value is -2.83. The molecule has 3 N–H and O–H groups in total. The summed E-state index contributed by atoms with van der Waals surface area (Å²) in [4.78, 5) is -0.125. The maximum atomic E-state index is 12.3. The molecular formula is C48H78N2O3S. The largest absolute Gasteiger partial charge is 0.359 e. The standard InChI is InChI=1S/C48H78N2O3S/c1-5-7-9-11-13-15-17-19-21-23-25-27-29-31-42(3)49-46-38-34-44(35-39-46)33-36-45-37-40-47(41-48(45)54(51,52)53)50-43(4)32-30-28-26-24-22-20-18-16-14-12-10-8-6-2/h33-41,49-50H,3-32H2,1-2H3,(H,51,52,53)/b36-33+. The van der Waals surface area contributed by atoms with Gasteiger partial charge in [-0.25, -0.2) is 0 Å². The maximum Gasteiger partial charge on any atom is 0.295 e. The minimum absolute atomic E-state index is 0.125. The number of rotatable bonds is 35. The quantitative estimate of drug-likeness (QED) is 0.0370. The molecule has 0 saturated carbocycles. The second-order valence-corrected chi connectivity index (χ2v) is 17.0. The first-order valence-electron chi connectivity index (χ1n) is 22.0. The third-order valence-electron chi connectivity index (χ3n) is 10.5. The van der Waals surface area contributed by atoms with Crippen LogP contribution in [-0.2, 0) is 10.1 Å². The zero-order valence-corrected chi connectivity index (χ0v) is 35.4. The van der Waals surface area contributed by atoms with E-state index in [0.717, 1.165) is 48.3 Å². The van der Waals surface area contributed by atoms with Crippen LogP contribution in [0.5, 0.6) is 0 Å². The Morgan fingerprint density at radius 3 is 1.26 bits per heavy atom. The molecule has 0 atom stereocenters. The van der Waals surface area contributed by atoms with Gasteiger partial charge in [-0.05, 0) is 61.1 Å². The van der Waals surface area contributed by atoms with E-state index in [-0.39, 0.29) is 4.90 Å². The summed E-state index contributed by atoms with van der Waals surface area (Å²) in [6.07, 6.45) is 40.0. The fraction of sp³-hybridized carbons (Fsp3) is 0.625. The van der Waals surface area contributed by atoms with Crippen LogP contribution in [0.25, 0.3) is 12.2 Å². The van der Waals surface area contributed by atoms with Crippen molar-refractivity contribution in [1.82, 2.24) is 0 Å². The van der Waals surface area contributed by atoms with Crippen molar-refractivity contribution in [2.24, 2.45) is 0 Å². The summed E-state index contributed by atoms with van der Waals surface area (Å²) in [7, 11) is -4.42. The van der Waals surface area contributed by atoms with Crippen LogP contribution in [0.4, 0.5) is 11.4 Å². The Balaban J connectivity index is 1.67. The molecule has 54 heavy (non-hydrogen) atoms. The Bertz CT molecular complexity index is 1410. The lowest BCUT2D eigenvalue weighted by Gasteiger charge is -2.12. The molecule has 0 aliphatic rings. The number of hydrogen-bond acceptors (Lipinski definition) is 4. The van der Waals surface area contributed by atoms with Gasteiger partial charge in [0.2, 0.25) is 0 Å². The molecule has 0 radical (unpaired) electrons. The van der Waals surface area contributed by atoms with E-state index < -0.39 is 10.1 Å². The van der Waals surface area contributed by atoms with Crippen molar-refractivity contribution in [3.05, 3.63) is 78.1 Å². The van der Waals surface area contributed by atoms with Crippen molar-refractivity contribution in [2.75, 3.05) is 10.6 Å². The highest BCUT2D eigenvalue weighted by molar-refractivity contribution is 7.86. The molecule has 6 heteroatoms. The molecule has 2 aromatic rings. The molecule has 0 heterocycles. The summed E-state index contributed by atoms with van der Waals surface area (Å²) in [6.45, 7) is 12.9. The molecule has 2 rings (SSSR count). The molecule has 2 aromatic carbocycles. The second kappa shape index (κ2) is 30.4. The van der Waals surface area contributed by atoms with Gasteiger partial charge >= 0.3 is 0 Å². The summed E-state index contributed by atoms with van der Waals surface area (Å²) in [5.74, 6) is 0. The van der Waals surface area contributed by atoms with E-state index in [9.17, 15) is 13.0 Å². The first-order valence-corrected chi connectivity index (χ1v) is 23.5. The fourth-order valence-electron chi connectivity index (χ4n) is 7.08. The second-order valence-electron chi connectivity index (χ2n) is 15.6. The molecule has 304 valence electrons. The predicted molar refractivity (Wildman–Crippen MR) is 238 cm³/mol. The molecule has 0 saturated heterocycles. The molecule has 0 bridgehead atoms. The maximum absolute atomic E-state index is 12.3. The van der Waals surface area contributed by atoms with Crippen LogP contribution in [-0.4, -0.2) is 13.0 Å². The van der Waals surface area contributed by atoms with Gasteiger partial charge in [-0.2, -0.15) is 8.42 Å². The highest BCUT2D eigenvalue weighted by atomic mass is 32.2. The molecule has 0 aliphatic carbocycles. The summed E-state index contributed by atoms with van der Waals surface area (Å²) in [5, 5.41) is 6.68. The molecule has 0 amide bonds. The van der Waals surface area contributed by atoms with Crippen LogP contribution in [0.2, 0.25) is 0 Å². The van der Waals surface area contributed by atoms with Crippen molar-refractivity contribution in [1.29, 1.82) is 0 Å². The van der Waals surface area contributed by atoms with E-state index in [4.69, 9.17) is 0 Å². The van der Waals surface area contributed by atoms with E-state index >= 15 is 0 Å². The zero-order chi connectivity index (χ0) is 39.1. The average molecular weight is 763 g/mol. The first-order chi connectivity index (χ1) is 26.2. The van der Waals surface area contributed by atoms with Crippen LogP contribution < -0.4 is 10.6 Å². The van der Waals surface area contributed by atoms with Gasteiger partial charge in [-0.3, -0.25) is 4.55 Å². The molecular weight excluding hydrogens is 685 g/mol. The summed E-state index contributed by atoms with van der Waals surface area (Å²) >= 11 is 0. The lowest BCUT2D eigenvalue weighted by molar-refractivity contribution is 0.483. The number of nitrogens with one attached hydrogen (secondary N) is 2. The van der Waals surface area contributed by atoms with Crippen LogP contribution in [0.3, 0.4) is 0 Å². The molecule has 0 aromatic heterocycles. The SMILES string of the molecule is C=C(CCCCCCCCCCCCCCC)Nc1ccc(/C=C/c2ccc(NC(=C)CCCCCCCCCCCCCCC)cc2S(=O)(=O)O)cc1. The van der Waals surface area contributed by atoms with Gasteiger partial charge in [-0.1, -0.05) is 211 Å². The van der Waals surface area contributed by atoms with Gasteiger partial charge in [0, 0.05) is 22.8 Å². The average Bonchev–Trinajstić information content (AvgIpc) is 3.15. The number of unbranched alkanes of at least 4 members (excludes halogenated alkanes) is 24. The van der Waals surface area contributed by atoms with Gasteiger partial charge in [-0.15, -0.1) is 0 Å². The normalized spacial score (nSPS) is 11.7. The summed E-state index contributed by atoms with van der Waals surface area (Å²) < 4.78 is 34.7. The van der Waals surface area contributed by atoms with E-state index in [1.54, 1.807) is 12.1 Å². The minimum Gasteiger partial charge on any atom is -0.359 e. The summed E-state index contributed by atoms with van der Waals surface area (Å²) in [5.41, 5.74) is 4.83. The van der Waals surface area contributed by atoms with Gasteiger partial charge in [0.1, 0.15) is 4.90 Å². The fourth-order valence-corrected chi connectivity index (χ4v) is 7.79. The molecule has 0 spiro atoms. The third kappa shape index (κ3) is 23.8. The van der Waals surface area contributed by atoms with Crippen molar-refractivity contribution in [3.63, 3.8) is 0 Å². The van der Waals surface area contributed by atoms with Crippen LogP contribution in [0.15, 0.2) is 71.9 Å². The monoisotopic (exact) mass is 763 g/mol. The smallest absolute Gasteiger partial charge is 0.295 e. The Morgan fingerprint density at radius 1 is 0.519 bits per heavy atom. The Labute approximate surface area is 332 Å². The number of anilines is 2. The van der Waals surface area contributed by atoms with Gasteiger partial charge < -0.3 is 10.6 Å². The highest BCUT2D eigenvalue weighted by Crippen LogP contribution is 2.25. The van der Waals surface area contributed by atoms with Gasteiger partial charge in [0.05, 0.1) is 0 Å². The third-order valence-corrected chi connectivity index (χ3v) is 11.4. The molecule has 0 aliphatic heterocycles. The van der Waals surface area contributed by atoms with E-state index in [1.807, 2.05) is 36.4 Å². The molecule has 5 nitrogen and oxygen atoms in total. The topological polar surface area (TPSA) is 78.4 Å². The Morgan fingerprint density at radius 2 is 0.870 bits per heavy atom. The van der Waals surface area contributed by atoms with Crippen molar-refractivity contribution in [3.8, 4) is 0 Å². The zero-order valence-electron chi connectivity index (χ0n) is 34.6. The summed E-state index contributed by atoms with van der Waals surface area (Å²) in [6, 6.07) is 13.0. The Kier molecular flexibility index (Phi) is 26.6. The minimum atomic E-state index is -4.42. The molecule has 0 unspecified atom stereocenters. The lowest BCUT2D eigenvalue weighted by Crippen LogP contribution is -2.04. The van der Waals surface area contributed by atoms with Crippen LogP contribution >= 0.6 is 0 Å². The van der Waals surface area contributed by atoms with E-state index in [2.05, 4.69) is 37.6 Å². The van der Waals surface area contributed by atoms with Gasteiger partial charge in [0.15, 0.2) is 0 Å². The van der Waals surface area contributed by atoms with Crippen molar-refractivity contribution >= 4 is 33.6 Å². The number of hydrogen-bond donors (Lipinski definition) is 3. The molecule has 0 fully saturated rings. The predicted octanol–water partition coefficient (Wildman–Crippen LogP) is 15.9.